The summed E-state index contributed by atoms with van der Waals surface area (Å²) in [6.45, 7) is 2.75. The summed E-state index contributed by atoms with van der Waals surface area (Å²) >= 11 is 0. The van der Waals surface area contributed by atoms with Crippen molar-refractivity contribution in [2.45, 2.75) is 135 Å². The predicted molar refractivity (Wildman–Crippen MR) is 157 cm³/mol. The van der Waals surface area contributed by atoms with E-state index >= 15 is 0 Å². The Morgan fingerprint density at radius 1 is 0.769 bits per heavy atom. The van der Waals surface area contributed by atoms with Crippen LogP contribution in [0.25, 0.3) is 0 Å². The SMILES string of the molecule is CCCCCCCCCCCCCCCCC(OP(=O)(O)OCC[N+](C)(C)C)[C@H](CO)OCCCCC(=O)O. The zero-order valence-electron chi connectivity index (χ0n) is 25.5. The van der Waals surface area contributed by atoms with Gasteiger partial charge in [0.1, 0.15) is 19.3 Å². The van der Waals surface area contributed by atoms with Crippen LogP contribution in [0.1, 0.15) is 122 Å². The average molecular weight is 583 g/mol. The lowest BCUT2D eigenvalue weighted by Crippen LogP contribution is -2.38. The Morgan fingerprint density at radius 2 is 1.28 bits per heavy atom. The summed E-state index contributed by atoms with van der Waals surface area (Å²) in [4.78, 5) is 21.0. The van der Waals surface area contributed by atoms with Crippen LogP contribution in [0.3, 0.4) is 0 Å². The van der Waals surface area contributed by atoms with Crippen molar-refractivity contribution in [1.29, 1.82) is 0 Å². The smallest absolute Gasteiger partial charge is 0.472 e. The maximum Gasteiger partial charge on any atom is 0.472 e. The van der Waals surface area contributed by atoms with Gasteiger partial charge in [-0.2, -0.15) is 0 Å². The number of carbonyl (C=O) groups is 1. The molecule has 0 saturated heterocycles. The number of carboxylic acids is 1. The molecule has 2 unspecified atom stereocenters. The minimum atomic E-state index is -4.33. The number of aliphatic carboxylic acids is 1. The van der Waals surface area contributed by atoms with Gasteiger partial charge in [0.2, 0.25) is 0 Å². The highest BCUT2D eigenvalue weighted by Crippen LogP contribution is 2.46. The van der Waals surface area contributed by atoms with Gasteiger partial charge in [0.25, 0.3) is 0 Å². The molecule has 234 valence electrons. The van der Waals surface area contributed by atoms with Crippen LogP contribution < -0.4 is 0 Å². The summed E-state index contributed by atoms with van der Waals surface area (Å²) in [5.74, 6) is -0.861. The lowest BCUT2D eigenvalue weighted by Gasteiger charge is -2.28. The van der Waals surface area contributed by atoms with Gasteiger partial charge >= 0.3 is 13.8 Å². The van der Waals surface area contributed by atoms with Crippen LogP contribution in [0.4, 0.5) is 0 Å². The molecule has 0 aliphatic carbocycles. The van der Waals surface area contributed by atoms with E-state index < -0.39 is 26.0 Å². The van der Waals surface area contributed by atoms with E-state index in [0.29, 0.717) is 30.3 Å². The molecule has 0 fully saturated rings. The van der Waals surface area contributed by atoms with Crippen molar-refractivity contribution in [3.05, 3.63) is 0 Å². The highest BCUT2D eigenvalue weighted by molar-refractivity contribution is 7.47. The molecule has 0 rings (SSSR count). The van der Waals surface area contributed by atoms with Gasteiger partial charge in [-0.05, 0) is 19.3 Å². The number of rotatable bonds is 29. The highest BCUT2D eigenvalue weighted by atomic mass is 31.2. The number of aliphatic hydroxyl groups excluding tert-OH is 1. The van der Waals surface area contributed by atoms with Gasteiger partial charge in [-0.25, -0.2) is 4.57 Å². The number of phosphoric ester groups is 1. The molecule has 0 spiro atoms. The molecule has 0 radical (unpaired) electrons. The maximum absolute atomic E-state index is 12.6. The third-order valence-corrected chi connectivity index (χ3v) is 7.88. The number of phosphoric acid groups is 1. The van der Waals surface area contributed by atoms with Crippen molar-refractivity contribution in [1.82, 2.24) is 0 Å². The van der Waals surface area contributed by atoms with E-state index in [-0.39, 0.29) is 26.2 Å². The quantitative estimate of drug-likeness (QED) is 0.0506. The molecular weight excluding hydrogens is 521 g/mol. The van der Waals surface area contributed by atoms with Crippen LogP contribution >= 0.6 is 7.82 Å². The molecule has 0 bridgehead atoms. The number of ether oxygens (including phenoxy) is 1. The Labute approximate surface area is 238 Å². The maximum atomic E-state index is 12.6. The van der Waals surface area contributed by atoms with Crippen LogP contribution in [0.2, 0.25) is 0 Å². The fourth-order valence-corrected chi connectivity index (χ4v) is 5.33. The van der Waals surface area contributed by atoms with Gasteiger partial charge < -0.3 is 24.3 Å². The second-order valence-electron chi connectivity index (χ2n) is 11.8. The first-order chi connectivity index (χ1) is 18.5. The van der Waals surface area contributed by atoms with Crippen molar-refractivity contribution in [2.75, 3.05) is 47.5 Å². The van der Waals surface area contributed by atoms with E-state index in [2.05, 4.69) is 6.92 Å². The van der Waals surface area contributed by atoms with Crippen LogP contribution in [0.15, 0.2) is 0 Å². The van der Waals surface area contributed by atoms with Crippen molar-refractivity contribution < 1.29 is 42.7 Å². The molecule has 0 saturated carbocycles. The summed E-state index contributed by atoms with van der Waals surface area (Å²) in [5, 5.41) is 18.7. The summed E-state index contributed by atoms with van der Waals surface area (Å²) in [5.41, 5.74) is 0. The van der Waals surface area contributed by atoms with Gasteiger partial charge in [-0.15, -0.1) is 0 Å². The standard InChI is InChI=1S/C29H60NO8P/c1-5-6-7-8-9-10-11-12-13-14-15-16-17-18-21-27(28(26-31)36-24-20-19-22-29(32)33)38-39(34,35)37-25-23-30(2,3)4/h27-28,31H,5-26H2,1-4H3,(H-,32,33,34,35)/p+1/t27?,28-/m0/s1. The van der Waals surface area contributed by atoms with Gasteiger partial charge in [-0.3, -0.25) is 13.8 Å². The van der Waals surface area contributed by atoms with Crippen molar-refractivity contribution in [3.63, 3.8) is 0 Å². The number of carboxylic acid groups (broad SMARTS) is 1. The number of aliphatic hydroxyl groups is 1. The fourth-order valence-electron chi connectivity index (χ4n) is 4.37. The van der Waals surface area contributed by atoms with E-state index in [9.17, 15) is 19.4 Å². The van der Waals surface area contributed by atoms with Crippen molar-refractivity contribution >= 4 is 13.8 Å². The monoisotopic (exact) mass is 582 g/mol. The summed E-state index contributed by atoms with van der Waals surface area (Å²) in [7, 11) is 1.56. The second kappa shape index (κ2) is 24.1. The molecule has 0 aromatic carbocycles. The molecule has 10 heteroatoms. The van der Waals surface area contributed by atoms with Crippen LogP contribution in [-0.4, -0.2) is 85.3 Å². The molecule has 0 aromatic rings. The molecule has 0 aliphatic rings. The van der Waals surface area contributed by atoms with E-state index in [1.165, 1.54) is 70.6 Å². The van der Waals surface area contributed by atoms with Crippen LogP contribution in [-0.2, 0) is 23.1 Å². The molecule has 0 heterocycles. The van der Waals surface area contributed by atoms with Gasteiger partial charge in [-0.1, -0.05) is 96.8 Å². The van der Waals surface area contributed by atoms with E-state index in [0.717, 1.165) is 19.3 Å². The van der Waals surface area contributed by atoms with Gasteiger partial charge in [0.05, 0.1) is 33.9 Å². The summed E-state index contributed by atoms with van der Waals surface area (Å²) in [6.07, 6.45) is 17.3. The Kier molecular flexibility index (Phi) is 23.8. The Morgan fingerprint density at radius 3 is 1.74 bits per heavy atom. The third kappa shape index (κ3) is 26.1. The zero-order chi connectivity index (χ0) is 29.4. The lowest BCUT2D eigenvalue weighted by molar-refractivity contribution is -0.870. The van der Waals surface area contributed by atoms with Gasteiger partial charge in [0.15, 0.2) is 0 Å². The minimum absolute atomic E-state index is 0.0537. The number of likely N-dealkylation sites (N-methyl/N-ethyl adjacent to an activating group) is 1. The number of quaternary nitrogens is 1. The van der Waals surface area contributed by atoms with Crippen LogP contribution in [0, 0.1) is 0 Å². The molecule has 9 nitrogen and oxygen atoms in total. The number of hydrogen-bond acceptors (Lipinski definition) is 6. The first-order valence-electron chi connectivity index (χ1n) is 15.4. The number of hydrogen-bond donors (Lipinski definition) is 3. The Bertz CT molecular complexity index is 629. The normalized spacial score (nSPS) is 15.2. The molecular formula is C29H61NO8P+. The highest BCUT2D eigenvalue weighted by Gasteiger charge is 2.32. The molecule has 0 amide bonds. The second-order valence-corrected chi connectivity index (χ2v) is 13.2. The lowest BCUT2D eigenvalue weighted by atomic mass is 10.0. The molecule has 3 atom stereocenters. The summed E-state index contributed by atoms with van der Waals surface area (Å²) < 4.78 is 29.7. The molecule has 39 heavy (non-hydrogen) atoms. The topological polar surface area (TPSA) is 123 Å². The molecule has 0 aliphatic heterocycles. The van der Waals surface area contributed by atoms with E-state index in [1.807, 2.05) is 21.1 Å². The van der Waals surface area contributed by atoms with Crippen LogP contribution in [0.5, 0.6) is 0 Å². The first-order valence-corrected chi connectivity index (χ1v) is 16.9. The van der Waals surface area contributed by atoms with E-state index in [1.54, 1.807) is 0 Å². The zero-order valence-corrected chi connectivity index (χ0v) is 26.4. The van der Waals surface area contributed by atoms with Crippen molar-refractivity contribution in [3.8, 4) is 0 Å². The average Bonchev–Trinajstić information content (AvgIpc) is 2.84. The fraction of sp³-hybridized carbons (Fsp3) is 0.966. The summed E-state index contributed by atoms with van der Waals surface area (Å²) in [6, 6.07) is 0. The number of nitrogens with zero attached hydrogens (tertiary/aromatic N) is 1. The van der Waals surface area contributed by atoms with E-state index in [4.69, 9.17) is 18.9 Å². The largest absolute Gasteiger partial charge is 0.481 e. The van der Waals surface area contributed by atoms with Crippen molar-refractivity contribution in [2.24, 2.45) is 0 Å². The molecule has 3 N–H and O–H groups in total. The molecule has 0 aromatic heterocycles. The third-order valence-electron chi connectivity index (χ3n) is 6.84. The predicted octanol–water partition coefficient (Wildman–Crippen LogP) is 6.70. The Balaban J connectivity index is 4.45. The van der Waals surface area contributed by atoms with Gasteiger partial charge in [0, 0.05) is 13.0 Å². The minimum Gasteiger partial charge on any atom is -0.481 e. The first kappa shape index (κ1) is 38.5. The number of unbranched alkanes of at least 4 members (excludes halogenated alkanes) is 14. The Hall–Kier alpha value is -0.540.